The third-order valence-corrected chi connectivity index (χ3v) is 6.60. The van der Waals surface area contributed by atoms with Crippen LogP contribution in [0.25, 0.3) is 0 Å². The first kappa shape index (κ1) is 21.5. The van der Waals surface area contributed by atoms with E-state index in [0.29, 0.717) is 22.6 Å². The van der Waals surface area contributed by atoms with Crippen molar-refractivity contribution < 1.29 is 38.1 Å². The number of rotatable bonds is 5. The lowest BCUT2D eigenvalue weighted by Gasteiger charge is -2.39. The zero-order chi connectivity index (χ0) is 23.3. The van der Waals surface area contributed by atoms with Crippen molar-refractivity contribution in [1.29, 1.82) is 0 Å². The van der Waals surface area contributed by atoms with E-state index in [1.165, 1.54) is 26.4 Å². The van der Waals surface area contributed by atoms with E-state index >= 15 is 0 Å². The van der Waals surface area contributed by atoms with Crippen molar-refractivity contribution in [2.24, 2.45) is 10.8 Å². The molecule has 4 rings (SSSR count). The van der Waals surface area contributed by atoms with Crippen molar-refractivity contribution in [3.8, 4) is 11.5 Å². The van der Waals surface area contributed by atoms with Gasteiger partial charge in [-0.1, -0.05) is 0 Å². The van der Waals surface area contributed by atoms with E-state index in [1.54, 1.807) is 24.3 Å². The smallest absolute Gasteiger partial charge is 0.321 e. The number of fused-ring (bicyclic) bond motifs is 2. The lowest BCUT2D eigenvalue weighted by molar-refractivity contribution is -0.168. The van der Waals surface area contributed by atoms with E-state index in [0.717, 1.165) is 14.2 Å². The maximum absolute atomic E-state index is 13.8. The van der Waals surface area contributed by atoms with Crippen LogP contribution in [0.3, 0.4) is 0 Å². The number of Topliss-reactive ketones (excluding diaryl/α,β-unsaturated/α-hetero) is 2. The maximum Gasteiger partial charge on any atom is 0.321 e. The van der Waals surface area contributed by atoms with Gasteiger partial charge < -0.3 is 18.9 Å². The number of esters is 2. The first-order valence-electron chi connectivity index (χ1n) is 9.91. The minimum absolute atomic E-state index is 0.197. The molecule has 0 unspecified atom stereocenters. The van der Waals surface area contributed by atoms with Gasteiger partial charge in [-0.2, -0.15) is 0 Å². The van der Waals surface area contributed by atoms with Crippen LogP contribution in [-0.4, -0.2) is 51.9 Å². The molecule has 0 N–H and O–H groups in total. The zero-order valence-corrected chi connectivity index (χ0v) is 18.1. The van der Waals surface area contributed by atoms with Gasteiger partial charge >= 0.3 is 11.9 Å². The van der Waals surface area contributed by atoms with Gasteiger partial charge in [-0.15, -0.1) is 0 Å². The Labute approximate surface area is 184 Å². The molecular formula is C24H22O8. The highest BCUT2D eigenvalue weighted by molar-refractivity contribution is 6.28. The van der Waals surface area contributed by atoms with E-state index in [2.05, 4.69) is 0 Å². The summed E-state index contributed by atoms with van der Waals surface area (Å²) in [6.07, 6.45) is -0.395. The summed E-state index contributed by atoms with van der Waals surface area (Å²) in [4.78, 5) is 54.3. The van der Waals surface area contributed by atoms with Crippen molar-refractivity contribution in [2.75, 3.05) is 28.4 Å². The van der Waals surface area contributed by atoms with E-state index < -0.39 is 34.3 Å². The molecule has 0 fully saturated rings. The van der Waals surface area contributed by atoms with Gasteiger partial charge in [0, 0.05) is 11.1 Å². The molecule has 0 spiro atoms. The van der Waals surface area contributed by atoms with Crippen LogP contribution >= 0.6 is 0 Å². The lowest BCUT2D eigenvalue weighted by atomic mass is 9.58. The van der Waals surface area contributed by atoms with Crippen molar-refractivity contribution in [3.63, 3.8) is 0 Å². The Bertz CT molecular complexity index is 1080. The number of carbonyl (C=O) groups excluding carboxylic acids is 4. The standard InChI is InChI=1S/C24H22O8/c1-29-15-5-7-17-13(9-15)11-23(19(17)25,21(27)31-3)24(22(28)32-4)12-14-10-16(30-2)6-8-18(14)20(24)26/h5-10H,11-12H2,1-4H3/t23-,24-/m0/s1. The molecule has 166 valence electrons. The first-order valence-corrected chi connectivity index (χ1v) is 9.91. The molecular weight excluding hydrogens is 416 g/mol. The number of ketones is 2. The van der Waals surface area contributed by atoms with Crippen molar-refractivity contribution in [1.82, 2.24) is 0 Å². The Balaban J connectivity index is 1.99. The summed E-state index contributed by atoms with van der Waals surface area (Å²) in [6.45, 7) is 0. The number of carbonyl (C=O) groups is 4. The Kier molecular flexibility index (Phi) is 5.03. The predicted octanol–water partition coefficient (Wildman–Crippen LogP) is 2.20. The van der Waals surface area contributed by atoms with Crippen LogP contribution in [0.15, 0.2) is 36.4 Å². The van der Waals surface area contributed by atoms with Gasteiger partial charge in [-0.25, -0.2) is 0 Å². The second kappa shape index (κ2) is 7.47. The quantitative estimate of drug-likeness (QED) is 0.517. The molecule has 2 atom stereocenters. The molecule has 32 heavy (non-hydrogen) atoms. The molecule has 2 aliphatic rings. The monoisotopic (exact) mass is 438 g/mol. The van der Waals surface area contributed by atoms with Gasteiger partial charge in [0.15, 0.2) is 22.4 Å². The fraction of sp³-hybridized carbons (Fsp3) is 0.333. The number of ether oxygens (including phenoxy) is 4. The molecule has 8 nitrogen and oxygen atoms in total. The summed E-state index contributed by atoms with van der Waals surface area (Å²) in [6, 6.07) is 9.48. The summed E-state index contributed by atoms with van der Waals surface area (Å²) in [5.74, 6) is -2.27. The topological polar surface area (TPSA) is 105 Å². The molecule has 8 heteroatoms. The highest BCUT2D eigenvalue weighted by atomic mass is 16.5. The molecule has 2 aromatic rings. The highest BCUT2D eigenvalue weighted by Crippen LogP contribution is 2.57. The second-order valence-corrected chi connectivity index (χ2v) is 7.85. The second-order valence-electron chi connectivity index (χ2n) is 7.85. The van der Waals surface area contributed by atoms with Gasteiger partial charge in [0.05, 0.1) is 28.4 Å². The Morgan fingerprint density at radius 2 is 1.06 bits per heavy atom. The number of hydrogen-bond acceptors (Lipinski definition) is 8. The zero-order valence-electron chi connectivity index (χ0n) is 18.1. The molecule has 0 heterocycles. The number of hydrogen-bond donors (Lipinski definition) is 0. The largest absolute Gasteiger partial charge is 0.497 e. The summed E-state index contributed by atoms with van der Waals surface area (Å²) >= 11 is 0. The Morgan fingerprint density at radius 1 is 0.688 bits per heavy atom. The van der Waals surface area contributed by atoms with E-state index in [4.69, 9.17) is 18.9 Å². The molecule has 0 radical (unpaired) electrons. The molecule has 0 bridgehead atoms. The molecule has 2 aliphatic carbocycles. The first-order chi connectivity index (χ1) is 15.3. The van der Waals surface area contributed by atoms with Crippen molar-refractivity contribution in [2.45, 2.75) is 12.8 Å². The Morgan fingerprint density at radius 3 is 1.38 bits per heavy atom. The predicted molar refractivity (Wildman–Crippen MR) is 111 cm³/mol. The average Bonchev–Trinajstić information content (AvgIpc) is 3.29. The summed E-state index contributed by atoms with van der Waals surface area (Å²) in [5.41, 5.74) is -2.78. The fourth-order valence-electron chi connectivity index (χ4n) is 5.04. The third kappa shape index (κ3) is 2.55. The summed E-state index contributed by atoms with van der Waals surface area (Å²) in [5, 5.41) is 0. The van der Waals surface area contributed by atoms with E-state index in [9.17, 15) is 19.2 Å². The van der Waals surface area contributed by atoms with Gasteiger partial charge in [-0.3, -0.25) is 19.2 Å². The minimum Gasteiger partial charge on any atom is -0.497 e. The van der Waals surface area contributed by atoms with Gasteiger partial charge in [0.1, 0.15) is 11.5 Å². The number of methoxy groups -OCH3 is 4. The van der Waals surface area contributed by atoms with Gasteiger partial charge in [-0.05, 0) is 60.4 Å². The lowest BCUT2D eigenvalue weighted by Crippen LogP contribution is -2.60. The molecule has 0 aromatic heterocycles. The SMILES string of the molecule is COC(=O)[C@]1([C@@]2(C(=O)OC)Cc3cc(OC)ccc3C2=O)Cc2cc(OC)ccc2C1=O. The van der Waals surface area contributed by atoms with E-state index in [-0.39, 0.29) is 24.0 Å². The third-order valence-electron chi connectivity index (χ3n) is 6.60. The van der Waals surface area contributed by atoms with Gasteiger partial charge in [0.2, 0.25) is 0 Å². The summed E-state index contributed by atoms with van der Waals surface area (Å²) in [7, 11) is 5.21. The molecule has 0 aliphatic heterocycles. The molecule has 2 aromatic carbocycles. The van der Waals surface area contributed by atoms with E-state index in [1.807, 2.05) is 0 Å². The van der Waals surface area contributed by atoms with Crippen LogP contribution in [0.2, 0.25) is 0 Å². The van der Waals surface area contributed by atoms with Crippen LogP contribution in [0.5, 0.6) is 11.5 Å². The van der Waals surface area contributed by atoms with Crippen LogP contribution < -0.4 is 9.47 Å². The Hall–Kier alpha value is -3.68. The van der Waals surface area contributed by atoms with Crippen molar-refractivity contribution in [3.05, 3.63) is 58.7 Å². The average molecular weight is 438 g/mol. The molecule has 0 saturated heterocycles. The van der Waals surface area contributed by atoms with Gasteiger partial charge in [0.25, 0.3) is 0 Å². The summed E-state index contributed by atoms with van der Waals surface area (Å²) < 4.78 is 20.6. The molecule has 0 saturated carbocycles. The normalized spacial score (nSPS) is 23.4. The van der Waals surface area contributed by atoms with Crippen LogP contribution in [0.1, 0.15) is 31.8 Å². The van der Waals surface area contributed by atoms with Crippen LogP contribution in [-0.2, 0) is 31.9 Å². The van der Waals surface area contributed by atoms with Crippen LogP contribution in [0.4, 0.5) is 0 Å². The maximum atomic E-state index is 13.8. The fourth-order valence-corrected chi connectivity index (χ4v) is 5.04. The minimum atomic E-state index is -2.12. The van der Waals surface area contributed by atoms with Crippen molar-refractivity contribution >= 4 is 23.5 Å². The van der Waals surface area contributed by atoms with Crippen LogP contribution in [0, 0.1) is 10.8 Å². The molecule has 0 amide bonds. The number of benzene rings is 2. The highest BCUT2D eigenvalue weighted by Gasteiger charge is 2.74.